The van der Waals surface area contributed by atoms with Crippen LogP contribution in [0.3, 0.4) is 0 Å². The van der Waals surface area contributed by atoms with E-state index in [1.165, 1.54) is 0 Å². The molecule has 1 heterocycles. The van der Waals surface area contributed by atoms with Gasteiger partial charge in [-0.15, -0.1) is 0 Å². The van der Waals surface area contributed by atoms with E-state index in [-0.39, 0.29) is 5.56 Å². The molecule has 1 N–H and O–H groups in total. The SMILES string of the molecule is CC.Cc1cc(=O)n(Cc2ccccc2)[nH]1. The van der Waals surface area contributed by atoms with E-state index in [4.69, 9.17) is 0 Å². The van der Waals surface area contributed by atoms with Crippen LogP contribution in [0, 0.1) is 6.92 Å². The van der Waals surface area contributed by atoms with E-state index in [0.29, 0.717) is 6.54 Å². The van der Waals surface area contributed by atoms with Crippen molar-refractivity contribution in [1.82, 2.24) is 9.78 Å². The summed E-state index contributed by atoms with van der Waals surface area (Å²) in [5, 5.41) is 3.00. The molecule has 1 aromatic carbocycles. The second-order valence-corrected chi connectivity index (χ2v) is 3.35. The summed E-state index contributed by atoms with van der Waals surface area (Å²) >= 11 is 0. The molecule has 0 aliphatic rings. The topological polar surface area (TPSA) is 37.8 Å². The minimum Gasteiger partial charge on any atom is -0.300 e. The lowest BCUT2D eigenvalue weighted by Crippen LogP contribution is -2.16. The lowest BCUT2D eigenvalue weighted by molar-refractivity contribution is 0.657. The molecule has 0 saturated carbocycles. The van der Waals surface area contributed by atoms with Gasteiger partial charge in [-0.25, -0.2) is 4.68 Å². The summed E-state index contributed by atoms with van der Waals surface area (Å²) in [4.78, 5) is 11.4. The molecule has 0 aliphatic carbocycles. The first-order valence-electron chi connectivity index (χ1n) is 5.56. The van der Waals surface area contributed by atoms with E-state index in [0.717, 1.165) is 11.3 Å². The average molecular weight is 218 g/mol. The maximum atomic E-state index is 11.4. The van der Waals surface area contributed by atoms with Crippen LogP contribution in [0.4, 0.5) is 0 Å². The first-order valence-corrected chi connectivity index (χ1v) is 5.56. The van der Waals surface area contributed by atoms with Crippen molar-refractivity contribution >= 4 is 0 Å². The van der Waals surface area contributed by atoms with Crippen LogP contribution in [-0.4, -0.2) is 9.78 Å². The van der Waals surface area contributed by atoms with Gasteiger partial charge in [-0.1, -0.05) is 44.2 Å². The number of nitrogens with zero attached hydrogens (tertiary/aromatic N) is 1. The Morgan fingerprint density at radius 3 is 2.31 bits per heavy atom. The third kappa shape index (κ3) is 3.12. The molecule has 3 nitrogen and oxygen atoms in total. The molecule has 16 heavy (non-hydrogen) atoms. The van der Waals surface area contributed by atoms with E-state index < -0.39 is 0 Å². The Hall–Kier alpha value is -1.77. The monoisotopic (exact) mass is 218 g/mol. The Labute approximate surface area is 95.7 Å². The Bertz CT molecular complexity index is 468. The second-order valence-electron chi connectivity index (χ2n) is 3.35. The number of hydrogen-bond acceptors (Lipinski definition) is 1. The lowest BCUT2D eigenvalue weighted by atomic mass is 10.2. The molecular weight excluding hydrogens is 200 g/mol. The Morgan fingerprint density at radius 1 is 1.19 bits per heavy atom. The van der Waals surface area contributed by atoms with Crippen molar-refractivity contribution in [3.05, 3.63) is 58.0 Å². The van der Waals surface area contributed by atoms with Crippen LogP contribution in [0.1, 0.15) is 25.1 Å². The number of rotatable bonds is 2. The van der Waals surface area contributed by atoms with E-state index in [9.17, 15) is 4.79 Å². The predicted molar refractivity (Wildman–Crippen MR) is 66.7 cm³/mol. The molecule has 0 aliphatic heterocycles. The number of benzene rings is 1. The first kappa shape index (κ1) is 12.3. The highest BCUT2D eigenvalue weighted by Crippen LogP contribution is 1.99. The molecule has 0 unspecified atom stereocenters. The summed E-state index contributed by atoms with van der Waals surface area (Å²) in [6.07, 6.45) is 0. The van der Waals surface area contributed by atoms with E-state index in [1.54, 1.807) is 10.7 Å². The molecule has 1 aromatic heterocycles. The number of H-pyrrole nitrogens is 1. The van der Waals surface area contributed by atoms with Gasteiger partial charge >= 0.3 is 0 Å². The zero-order chi connectivity index (χ0) is 12.0. The predicted octanol–water partition coefficient (Wildman–Crippen LogP) is 2.56. The normalized spacial score (nSPS) is 9.44. The van der Waals surface area contributed by atoms with Crippen molar-refractivity contribution < 1.29 is 0 Å². The number of aromatic nitrogens is 2. The summed E-state index contributed by atoms with van der Waals surface area (Å²) < 4.78 is 1.60. The van der Waals surface area contributed by atoms with Gasteiger partial charge in [0, 0.05) is 11.8 Å². The van der Waals surface area contributed by atoms with Crippen molar-refractivity contribution in [2.45, 2.75) is 27.3 Å². The zero-order valence-electron chi connectivity index (χ0n) is 10.0. The van der Waals surface area contributed by atoms with E-state index >= 15 is 0 Å². The zero-order valence-corrected chi connectivity index (χ0v) is 10.0. The quantitative estimate of drug-likeness (QED) is 0.826. The molecule has 2 aromatic rings. The van der Waals surface area contributed by atoms with Crippen molar-refractivity contribution in [3.8, 4) is 0 Å². The summed E-state index contributed by atoms with van der Waals surface area (Å²) in [7, 11) is 0. The lowest BCUT2D eigenvalue weighted by Gasteiger charge is -2.01. The summed E-state index contributed by atoms with van der Waals surface area (Å²) in [6, 6.07) is 11.5. The van der Waals surface area contributed by atoms with Gasteiger partial charge in [0.1, 0.15) is 0 Å². The second kappa shape index (κ2) is 5.95. The average Bonchev–Trinajstić information content (AvgIpc) is 2.62. The van der Waals surface area contributed by atoms with Gasteiger partial charge in [0.2, 0.25) is 0 Å². The summed E-state index contributed by atoms with van der Waals surface area (Å²) in [6.45, 7) is 6.48. The highest BCUT2D eigenvalue weighted by Gasteiger charge is 1.99. The molecule has 0 amide bonds. The van der Waals surface area contributed by atoms with Crippen molar-refractivity contribution in [3.63, 3.8) is 0 Å². The number of aryl methyl sites for hydroxylation is 1. The van der Waals surface area contributed by atoms with Crippen LogP contribution in [0.15, 0.2) is 41.2 Å². The van der Waals surface area contributed by atoms with Gasteiger partial charge in [0.25, 0.3) is 5.56 Å². The smallest absolute Gasteiger partial charge is 0.267 e. The number of nitrogens with one attached hydrogen (secondary N) is 1. The Balaban J connectivity index is 0.000000606. The van der Waals surface area contributed by atoms with E-state index in [1.807, 2.05) is 51.1 Å². The molecule has 0 bridgehead atoms. The fraction of sp³-hybridized carbons (Fsp3) is 0.308. The maximum Gasteiger partial charge on any atom is 0.267 e. The van der Waals surface area contributed by atoms with Gasteiger partial charge in [-0.2, -0.15) is 0 Å². The highest BCUT2D eigenvalue weighted by molar-refractivity contribution is 5.15. The first-order chi connectivity index (χ1) is 7.75. The fourth-order valence-electron chi connectivity index (χ4n) is 1.45. The molecule has 2 rings (SSSR count). The van der Waals surface area contributed by atoms with Crippen LogP contribution in [-0.2, 0) is 6.54 Å². The molecule has 0 saturated heterocycles. The van der Waals surface area contributed by atoms with Crippen LogP contribution >= 0.6 is 0 Å². The van der Waals surface area contributed by atoms with Gasteiger partial charge in [0.15, 0.2) is 0 Å². The number of aromatic amines is 1. The molecular formula is C13H18N2O. The van der Waals surface area contributed by atoms with Crippen molar-refractivity contribution in [2.24, 2.45) is 0 Å². The molecule has 0 atom stereocenters. The van der Waals surface area contributed by atoms with Gasteiger partial charge < -0.3 is 0 Å². The largest absolute Gasteiger partial charge is 0.300 e. The Morgan fingerprint density at radius 2 is 1.81 bits per heavy atom. The van der Waals surface area contributed by atoms with Crippen LogP contribution in [0.5, 0.6) is 0 Å². The summed E-state index contributed by atoms with van der Waals surface area (Å²) in [5.74, 6) is 0. The highest BCUT2D eigenvalue weighted by atomic mass is 16.1. The third-order valence-corrected chi connectivity index (χ3v) is 2.10. The minimum atomic E-state index is 0.0198. The number of hydrogen-bond donors (Lipinski definition) is 1. The van der Waals surface area contributed by atoms with Crippen molar-refractivity contribution in [2.75, 3.05) is 0 Å². The van der Waals surface area contributed by atoms with Crippen LogP contribution < -0.4 is 5.56 Å². The standard InChI is InChI=1S/C11H12N2O.C2H6/c1-9-7-11(14)13(12-9)8-10-5-3-2-4-6-10;1-2/h2-7,12H,8H2,1H3;1-2H3. The van der Waals surface area contributed by atoms with Gasteiger partial charge in [0.05, 0.1) is 6.54 Å². The van der Waals surface area contributed by atoms with Gasteiger partial charge in [-0.3, -0.25) is 9.89 Å². The molecule has 86 valence electrons. The van der Waals surface area contributed by atoms with Crippen LogP contribution in [0.2, 0.25) is 0 Å². The minimum absolute atomic E-state index is 0.0198. The van der Waals surface area contributed by atoms with Gasteiger partial charge in [-0.05, 0) is 12.5 Å². The van der Waals surface area contributed by atoms with Crippen molar-refractivity contribution in [1.29, 1.82) is 0 Å². The molecule has 3 heteroatoms. The molecule has 0 spiro atoms. The Kier molecular flexibility index (Phi) is 4.58. The molecule has 0 fully saturated rings. The molecule has 0 radical (unpaired) electrons. The van der Waals surface area contributed by atoms with Crippen LogP contribution in [0.25, 0.3) is 0 Å². The van der Waals surface area contributed by atoms with E-state index in [2.05, 4.69) is 5.10 Å². The fourth-order valence-corrected chi connectivity index (χ4v) is 1.45. The summed E-state index contributed by atoms with van der Waals surface area (Å²) in [5.41, 5.74) is 2.04. The third-order valence-electron chi connectivity index (χ3n) is 2.10. The maximum absolute atomic E-state index is 11.4.